The molecule has 0 radical (unpaired) electrons. The molecule has 2 aliphatic rings. The van der Waals surface area contributed by atoms with Crippen molar-refractivity contribution in [2.75, 3.05) is 18.0 Å². The normalized spacial score (nSPS) is 17.0. The van der Waals surface area contributed by atoms with Crippen molar-refractivity contribution in [2.24, 2.45) is 5.92 Å². The standard InChI is InChI=1S/C21H22N2O2/c24-19(23-13-12-15-6-4-5-9-18(15)23)14-22-21(25)20(17-10-11-17)16-7-2-1-3-8-16/h1-9,17,20H,10-14H2,(H,22,25). The molecule has 4 rings (SSSR count). The Bertz CT molecular complexity index is 783. The first-order chi connectivity index (χ1) is 12.2. The monoisotopic (exact) mass is 334 g/mol. The Kier molecular flexibility index (Phi) is 4.26. The second-order valence-electron chi connectivity index (χ2n) is 6.87. The number of nitrogens with one attached hydrogen (secondary N) is 1. The summed E-state index contributed by atoms with van der Waals surface area (Å²) in [6, 6.07) is 17.9. The quantitative estimate of drug-likeness (QED) is 0.914. The Hall–Kier alpha value is -2.62. The lowest BCUT2D eigenvalue weighted by molar-refractivity contribution is -0.126. The van der Waals surface area contributed by atoms with Gasteiger partial charge in [0.1, 0.15) is 0 Å². The fourth-order valence-electron chi connectivity index (χ4n) is 3.69. The highest BCUT2D eigenvalue weighted by Gasteiger charge is 2.37. The van der Waals surface area contributed by atoms with E-state index in [4.69, 9.17) is 0 Å². The molecule has 4 nitrogen and oxygen atoms in total. The molecule has 1 atom stereocenters. The van der Waals surface area contributed by atoms with Crippen molar-refractivity contribution < 1.29 is 9.59 Å². The molecule has 1 aliphatic carbocycles. The minimum absolute atomic E-state index is 0.0328. The van der Waals surface area contributed by atoms with Crippen LogP contribution in [0.2, 0.25) is 0 Å². The first-order valence-electron chi connectivity index (χ1n) is 8.95. The van der Waals surface area contributed by atoms with E-state index in [1.165, 1.54) is 5.56 Å². The topological polar surface area (TPSA) is 49.4 Å². The van der Waals surface area contributed by atoms with Gasteiger partial charge in [-0.3, -0.25) is 9.59 Å². The molecule has 1 unspecified atom stereocenters. The van der Waals surface area contributed by atoms with Crippen LogP contribution in [0.5, 0.6) is 0 Å². The average molecular weight is 334 g/mol. The number of anilines is 1. The van der Waals surface area contributed by atoms with Gasteiger partial charge in [-0.1, -0.05) is 48.5 Å². The molecule has 4 heteroatoms. The number of nitrogens with zero attached hydrogens (tertiary/aromatic N) is 1. The number of hydrogen-bond acceptors (Lipinski definition) is 2. The minimum Gasteiger partial charge on any atom is -0.346 e. The molecule has 1 heterocycles. The van der Waals surface area contributed by atoms with E-state index in [-0.39, 0.29) is 24.3 Å². The summed E-state index contributed by atoms with van der Waals surface area (Å²) in [5.74, 6) is 0.195. The van der Waals surface area contributed by atoms with Gasteiger partial charge < -0.3 is 10.2 Å². The molecule has 2 aromatic carbocycles. The Balaban J connectivity index is 1.41. The zero-order valence-electron chi connectivity index (χ0n) is 14.2. The van der Waals surface area contributed by atoms with Crippen molar-refractivity contribution in [1.82, 2.24) is 5.32 Å². The number of hydrogen-bond donors (Lipinski definition) is 1. The molecule has 0 bridgehead atoms. The molecule has 0 aromatic heterocycles. The molecule has 1 fully saturated rings. The van der Waals surface area contributed by atoms with Gasteiger partial charge >= 0.3 is 0 Å². The maximum atomic E-state index is 12.7. The van der Waals surface area contributed by atoms with E-state index in [1.807, 2.05) is 48.5 Å². The number of carbonyl (C=O) groups excluding carboxylic acids is 2. The van der Waals surface area contributed by atoms with Crippen LogP contribution in [0.3, 0.4) is 0 Å². The van der Waals surface area contributed by atoms with Crippen molar-refractivity contribution in [3.8, 4) is 0 Å². The lowest BCUT2D eigenvalue weighted by Crippen LogP contribution is -2.41. The third-order valence-electron chi connectivity index (χ3n) is 5.14. The zero-order valence-corrected chi connectivity index (χ0v) is 14.2. The minimum atomic E-state index is -0.139. The van der Waals surface area contributed by atoms with E-state index in [1.54, 1.807) is 4.90 Å². The average Bonchev–Trinajstić information content (AvgIpc) is 3.38. The smallest absolute Gasteiger partial charge is 0.246 e. The Morgan fingerprint density at radius 2 is 1.76 bits per heavy atom. The number of carbonyl (C=O) groups is 2. The molecular weight excluding hydrogens is 312 g/mol. The van der Waals surface area contributed by atoms with Gasteiger partial charge in [0.05, 0.1) is 12.5 Å². The van der Waals surface area contributed by atoms with Crippen LogP contribution >= 0.6 is 0 Å². The molecule has 0 saturated heterocycles. The van der Waals surface area contributed by atoms with Crippen LogP contribution in [0.15, 0.2) is 54.6 Å². The van der Waals surface area contributed by atoms with Gasteiger partial charge in [-0.2, -0.15) is 0 Å². The summed E-state index contributed by atoms with van der Waals surface area (Å²) in [5, 5.41) is 2.88. The second-order valence-corrected chi connectivity index (χ2v) is 6.87. The van der Waals surface area contributed by atoms with Gasteiger partial charge in [-0.05, 0) is 42.4 Å². The zero-order chi connectivity index (χ0) is 17.2. The molecule has 2 amide bonds. The predicted octanol–water partition coefficient (Wildman–Crippen LogP) is 2.89. The van der Waals surface area contributed by atoms with Crippen LogP contribution in [0, 0.1) is 5.92 Å². The van der Waals surface area contributed by atoms with Crippen molar-refractivity contribution in [3.63, 3.8) is 0 Å². The first kappa shape index (κ1) is 15.9. The van der Waals surface area contributed by atoms with Crippen molar-refractivity contribution in [3.05, 3.63) is 65.7 Å². The Morgan fingerprint density at radius 3 is 2.52 bits per heavy atom. The van der Waals surface area contributed by atoms with E-state index in [9.17, 15) is 9.59 Å². The summed E-state index contributed by atoms with van der Waals surface area (Å²) < 4.78 is 0. The number of benzene rings is 2. The SMILES string of the molecule is O=C(NCC(=O)N1CCc2ccccc21)C(c1ccccc1)C1CC1. The largest absolute Gasteiger partial charge is 0.346 e. The summed E-state index contributed by atoms with van der Waals surface area (Å²) in [6.45, 7) is 0.752. The second kappa shape index (κ2) is 6.71. The summed E-state index contributed by atoms with van der Waals surface area (Å²) in [5.41, 5.74) is 3.22. The lowest BCUT2D eigenvalue weighted by atomic mass is 9.93. The van der Waals surface area contributed by atoms with Gasteiger partial charge in [0.25, 0.3) is 0 Å². The Labute approximate surface area is 147 Å². The maximum absolute atomic E-state index is 12.7. The predicted molar refractivity (Wildman–Crippen MR) is 97.4 cm³/mol. The maximum Gasteiger partial charge on any atom is 0.246 e. The lowest BCUT2D eigenvalue weighted by Gasteiger charge is -2.20. The highest BCUT2D eigenvalue weighted by atomic mass is 16.2. The summed E-state index contributed by atoms with van der Waals surface area (Å²) in [6.07, 6.45) is 3.05. The molecule has 25 heavy (non-hydrogen) atoms. The third-order valence-corrected chi connectivity index (χ3v) is 5.14. The van der Waals surface area contributed by atoms with Crippen LogP contribution in [0.1, 0.15) is 29.9 Å². The number of rotatable bonds is 5. The number of para-hydroxylation sites is 1. The van der Waals surface area contributed by atoms with E-state index < -0.39 is 0 Å². The van der Waals surface area contributed by atoms with Crippen LogP contribution in [-0.4, -0.2) is 24.9 Å². The van der Waals surface area contributed by atoms with Crippen molar-refractivity contribution in [2.45, 2.75) is 25.2 Å². The molecule has 2 aromatic rings. The van der Waals surface area contributed by atoms with Gasteiger partial charge in [-0.25, -0.2) is 0 Å². The van der Waals surface area contributed by atoms with Gasteiger partial charge in [0.15, 0.2) is 0 Å². The van der Waals surface area contributed by atoms with Crippen LogP contribution in [0.4, 0.5) is 5.69 Å². The highest BCUT2D eigenvalue weighted by Crippen LogP contribution is 2.42. The van der Waals surface area contributed by atoms with E-state index >= 15 is 0 Å². The van der Waals surface area contributed by atoms with Crippen LogP contribution < -0.4 is 10.2 Å². The summed E-state index contributed by atoms with van der Waals surface area (Å²) in [4.78, 5) is 27.1. The molecule has 1 aliphatic heterocycles. The molecule has 0 spiro atoms. The van der Waals surface area contributed by atoms with Crippen molar-refractivity contribution in [1.29, 1.82) is 0 Å². The fraction of sp³-hybridized carbons (Fsp3) is 0.333. The van der Waals surface area contributed by atoms with E-state index in [2.05, 4.69) is 11.4 Å². The van der Waals surface area contributed by atoms with E-state index in [0.717, 1.165) is 30.5 Å². The first-order valence-corrected chi connectivity index (χ1v) is 8.95. The third kappa shape index (κ3) is 3.29. The van der Waals surface area contributed by atoms with Crippen molar-refractivity contribution >= 4 is 17.5 Å². The van der Waals surface area contributed by atoms with Crippen LogP contribution in [0.25, 0.3) is 0 Å². The Morgan fingerprint density at radius 1 is 1.04 bits per heavy atom. The molecule has 1 N–H and O–H groups in total. The summed E-state index contributed by atoms with van der Waals surface area (Å²) >= 11 is 0. The van der Waals surface area contributed by atoms with Gasteiger partial charge in [0.2, 0.25) is 11.8 Å². The van der Waals surface area contributed by atoms with Crippen LogP contribution in [-0.2, 0) is 16.0 Å². The number of fused-ring (bicyclic) bond motifs is 1. The van der Waals surface area contributed by atoms with Gasteiger partial charge in [0, 0.05) is 12.2 Å². The molecule has 1 saturated carbocycles. The fourth-order valence-corrected chi connectivity index (χ4v) is 3.69. The summed E-state index contributed by atoms with van der Waals surface area (Å²) in [7, 11) is 0. The van der Waals surface area contributed by atoms with E-state index in [0.29, 0.717) is 12.5 Å². The van der Waals surface area contributed by atoms with Gasteiger partial charge in [-0.15, -0.1) is 0 Å². The number of amides is 2. The molecular formula is C21H22N2O2. The molecule has 128 valence electrons. The highest BCUT2D eigenvalue weighted by molar-refractivity contribution is 5.99.